The molecule has 0 aliphatic heterocycles. The first-order chi connectivity index (χ1) is 13.4. The Morgan fingerprint density at radius 3 is 2.29 bits per heavy atom. The number of benzene rings is 2. The number of fused-ring (bicyclic) bond motifs is 1. The predicted octanol–water partition coefficient (Wildman–Crippen LogP) is 4.70. The summed E-state index contributed by atoms with van der Waals surface area (Å²) >= 11 is 0. The maximum absolute atomic E-state index is 14.2. The van der Waals surface area contributed by atoms with Crippen LogP contribution in [0.3, 0.4) is 0 Å². The van der Waals surface area contributed by atoms with E-state index in [-0.39, 0.29) is 11.3 Å². The lowest BCUT2D eigenvalue weighted by Crippen LogP contribution is -2.21. The van der Waals surface area contributed by atoms with Crippen LogP contribution in [-0.2, 0) is 0 Å². The van der Waals surface area contributed by atoms with Gasteiger partial charge in [0.2, 0.25) is 0 Å². The normalized spacial score (nSPS) is 11.2. The first-order valence-electron chi connectivity index (χ1n) is 8.27. The quantitative estimate of drug-likeness (QED) is 0.518. The third kappa shape index (κ3) is 2.83. The molecule has 0 aliphatic rings. The summed E-state index contributed by atoms with van der Waals surface area (Å²) in [6.45, 7) is 1.52. The van der Waals surface area contributed by atoms with E-state index in [4.69, 9.17) is 0 Å². The van der Waals surface area contributed by atoms with Crippen molar-refractivity contribution in [2.24, 2.45) is 0 Å². The van der Waals surface area contributed by atoms with Crippen molar-refractivity contribution in [1.29, 1.82) is 0 Å². The minimum Gasteiger partial charge on any atom is -0.353 e. The smallest absolute Gasteiger partial charge is 0.275 e. The van der Waals surface area contributed by atoms with Crippen LogP contribution < -0.4 is 10.9 Å². The number of pyridine rings is 1. The summed E-state index contributed by atoms with van der Waals surface area (Å²) < 4.78 is 57.5. The number of para-hydroxylation sites is 1. The molecule has 0 atom stereocenters. The summed E-state index contributed by atoms with van der Waals surface area (Å²) in [5, 5.41) is 2.80. The predicted molar refractivity (Wildman–Crippen MR) is 97.3 cm³/mol. The number of hydrogen-bond acceptors (Lipinski definition) is 2. The first-order valence-corrected chi connectivity index (χ1v) is 8.27. The lowest BCUT2D eigenvalue weighted by Gasteiger charge is -2.11. The molecule has 2 aromatic heterocycles. The van der Waals surface area contributed by atoms with Gasteiger partial charge in [0.25, 0.3) is 5.56 Å². The number of aromatic nitrogens is 2. The number of anilines is 2. The van der Waals surface area contributed by atoms with Crippen molar-refractivity contribution in [2.45, 2.75) is 6.92 Å². The number of rotatable bonds is 3. The van der Waals surface area contributed by atoms with Gasteiger partial charge in [0.1, 0.15) is 17.3 Å². The Morgan fingerprint density at radius 1 is 0.893 bits per heavy atom. The molecule has 0 unspecified atom stereocenters. The molecule has 0 bridgehead atoms. The highest BCUT2D eigenvalue weighted by atomic mass is 19.1. The van der Waals surface area contributed by atoms with Crippen molar-refractivity contribution in [3.63, 3.8) is 0 Å². The maximum Gasteiger partial charge on any atom is 0.275 e. The first kappa shape index (κ1) is 17.8. The fourth-order valence-corrected chi connectivity index (χ4v) is 3.04. The zero-order valence-electron chi connectivity index (χ0n) is 14.5. The van der Waals surface area contributed by atoms with E-state index in [1.54, 1.807) is 0 Å². The van der Waals surface area contributed by atoms with Crippen LogP contribution in [0.25, 0.3) is 11.2 Å². The van der Waals surface area contributed by atoms with Crippen molar-refractivity contribution in [3.05, 3.63) is 93.9 Å². The standard InChI is InChI=1S/C20H13F4N3O/c1-11-18-10-13(25-17-6-5-12(21)9-16(17)24)7-8-26(18)27(20(11)28)19-14(22)3-2-4-15(19)23/h2-10,25H,1H3. The summed E-state index contributed by atoms with van der Waals surface area (Å²) in [4.78, 5) is 12.6. The second-order valence-corrected chi connectivity index (χ2v) is 6.21. The molecule has 0 saturated carbocycles. The van der Waals surface area contributed by atoms with Crippen molar-refractivity contribution in [3.8, 4) is 5.69 Å². The highest BCUT2D eigenvalue weighted by Crippen LogP contribution is 2.24. The van der Waals surface area contributed by atoms with E-state index >= 15 is 0 Å². The van der Waals surface area contributed by atoms with Gasteiger partial charge in [-0.1, -0.05) is 6.07 Å². The van der Waals surface area contributed by atoms with Gasteiger partial charge in [0.15, 0.2) is 11.6 Å². The summed E-state index contributed by atoms with van der Waals surface area (Å²) in [6, 6.07) is 9.47. The van der Waals surface area contributed by atoms with Crippen LogP contribution in [-0.4, -0.2) is 9.20 Å². The van der Waals surface area contributed by atoms with Crippen LogP contribution in [0.2, 0.25) is 0 Å². The number of hydrogen-bond donors (Lipinski definition) is 1. The number of aryl methyl sites for hydroxylation is 1. The molecule has 1 N–H and O–H groups in total. The Morgan fingerprint density at radius 2 is 1.61 bits per heavy atom. The average Bonchev–Trinajstić information content (AvgIpc) is 2.89. The summed E-state index contributed by atoms with van der Waals surface area (Å²) in [7, 11) is 0. The molecule has 28 heavy (non-hydrogen) atoms. The van der Waals surface area contributed by atoms with Gasteiger partial charge in [0, 0.05) is 23.5 Å². The van der Waals surface area contributed by atoms with Crippen LogP contribution in [0.15, 0.2) is 59.5 Å². The van der Waals surface area contributed by atoms with Crippen molar-refractivity contribution < 1.29 is 17.6 Å². The summed E-state index contributed by atoms with van der Waals surface area (Å²) in [6.07, 6.45) is 1.43. The number of nitrogens with zero attached hydrogens (tertiary/aromatic N) is 2. The van der Waals surface area contributed by atoms with Crippen LogP contribution in [0.5, 0.6) is 0 Å². The van der Waals surface area contributed by atoms with E-state index in [0.29, 0.717) is 11.2 Å². The molecule has 0 spiro atoms. The molecule has 0 radical (unpaired) electrons. The third-order valence-corrected chi connectivity index (χ3v) is 4.41. The van der Waals surface area contributed by atoms with E-state index < -0.39 is 34.5 Å². The minimum atomic E-state index is -0.878. The molecule has 8 heteroatoms. The Bertz CT molecular complexity index is 1260. The minimum absolute atomic E-state index is 0.0466. The number of halogens is 4. The van der Waals surface area contributed by atoms with Crippen molar-refractivity contribution >= 4 is 16.9 Å². The van der Waals surface area contributed by atoms with Gasteiger partial charge in [-0.05, 0) is 43.3 Å². The van der Waals surface area contributed by atoms with Gasteiger partial charge in [0.05, 0.1) is 11.2 Å². The topological polar surface area (TPSA) is 38.4 Å². The average molecular weight is 387 g/mol. The lowest BCUT2D eigenvalue weighted by atomic mass is 10.2. The van der Waals surface area contributed by atoms with Crippen LogP contribution in [0.1, 0.15) is 5.56 Å². The molecule has 0 saturated heterocycles. The summed E-state index contributed by atoms with van der Waals surface area (Å²) in [5.74, 6) is -3.24. The lowest BCUT2D eigenvalue weighted by molar-refractivity contribution is 0.550. The molecular formula is C20H13F4N3O. The largest absolute Gasteiger partial charge is 0.353 e. The van der Waals surface area contributed by atoms with Gasteiger partial charge in [-0.25, -0.2) is 22.2 Å². The molecule has 142 valence electrons. The Labute approximate surface area is 156 Å². The van der Waals surface area contributed by atoms with Gasteiger partial charge >= 0.3 is 0 Å². The molecule has 2 heterocycles. The molecular weight excluding hydrogens is 374 g/mol. The molecule has 0 amide bonds. The SMILES string of the molecule is Cc1c(=O)n(-c2c(F)cccc2F)n2ccc(Nc3ccc(F)cc3F)cc12. The van der Waals surface area contributed by atoms with E-state index in [9.17, 15) is 22.4 Å². The van der Waals surface area contributed by atoms with E-state index in [0.717, 1.165) is 28.9 Å². The van der Waals surface area contributed by atoms with Crippen LogP contribution in [0, 0.1) is 30.2 Å². The Kier molecular flexibility index (Phi) is 4.18. The second-order valence-electron chi connectivity index (χ2n) is 6.21. The Hall–Kier alpha value is -3.55. The van der Waals surface area contributed by atoms with Crippen molar-refractivity contribution in [2.75, 3.05) is 5.32 Å². The highest BCUT2D eigenvalue weighted by Gasteiger charge is 2.19. The molecule has 0 aliphatic carbocycles. The van der Waals surface area contributed by atoms with Crippen molar-refractivity contribution in [1.82, 2.24) is 9.20 Å². The highest BCUT2D eigenvalue weighted by molar-refractivity contribution is 5.68. The van der Waals surface area contributed by atoms with Gasteiger partial charge in [-0.3, -0.25) is 9.31 Å². The van der Waals surface area contributed by atoms with E-state index in [1.165, 1.54) is 41.9 Å². The fourth-order valence-electron chi connectivity index (χ4n) is 3.04. The van der Waals surface area contributed by atoms with E-state index in [1.807, 2.05) is 0 Å². The van der Waals surface area contributed by atoms with Gasteiger partial charge < -0.3 is 5.32 Å². The molecule has 4 aromatic rings. The maximum atomic E-state index is 14.2. The zero-order chi connectivity index (χ0) is 20.0. The molecule has 4 nitrogen and oxygen atoms in total. The summed E-state index contributed by atoms with van der Waals surface area (Å²) in [5.41, 5.74) is 0.0196. The van der Waals surface area contributed by atoms with E-state index in [2.05, 4.69) is 5.32 Å². The van der Waals surface area contributed by atoms with Gasteiger partial charge in [-0.2, -0.15) is 0 Å². The second kappa shape index (κ2) is 6.56. The van der Waals surface area contributed by atoms with Gasteiger partial charge in [-0.15, -0.1) is 0 Å². The monoisotopic (exact) mass is 387 g/mol. The Balaban J connectivity index is 1.86. The third-order valence-electron chi connectivity index (χ3n) is 4.41. The fraction of sp³-hybridized carbons (Fsp3) is 0.0500. The zero-order valence-corrected chi connectivity index (χ0v) is 14.5. The van der Waals surface area contributed by atoms with Crippen LogP contribution >= 0.6 is 0 Å². The number of nitrogens with one attached hydrogen (secondary N) is 1. The van der Waals surface area contributed by atoms with Crippen LogP contribution in [0.4, 0.5) is 28.9 Å². The molecule has 0 fully saturated rings. The molecule has 2 aromatic carbocycles. The molecule has 4 rings (SSSR count).